The molecule has 3 rings (SSSR count). The van der Waals surface area contributed by atoms with Crippen LogP contribution in [0.5, 0.6) is 0 Å². The van der Waals surface area contributed by atoms with Crippen molar-refractivity contribution in [2.75, 3.05) is 0 Å². The van der Waals surface area contributed by atoms with Crippen molar-refractivity contribution in [2.24, 2.45) is 0 Å². The Labute approximate surface area is 130 Å². The number of aromatic nitrogens is 2. The second-order valence-electron chi connectivity index (χ2n) is 5.31. The van der Waals surface area contributed by atoms with Gasteiger partial charge >= 0.3 is 6.03 Å². The standard InChI is InChI=1S/C15H12F2N4O2/c1-15(12-7-18-2-3-19-12)13(22)21(14(23)20-15)8-9-4-10(16)6-11(17)5-9/h2-7H,8H2,1H3,(H,20,23). The number of amides is 3. The summed E-state index contributed by atoms with van der Waals surface area (Å²) in [6.07, 6.45) is 4.23. The van der Waals surface area contributed by atoms with Crippen LogP contribution in [-0.4, -0.2) is 26.8 Å². The molecule has 1 unspecified atom stereocenters. The van der Waals surface area contributed by atoms with E-state index in [1.165, 1.54) is 25.5 Å². The van der Waals surface area contributed by atoms with E-state index in [4.69, 9.17) is 0 Å². The van der Waals surface area contributed by atoms with Crippen molar-refractivity contribution in [3.8, 4) is 0 Å². The summed E-state index contributed by atoms with van der Waals surface area (Å²) in [4.78, 5) is 33.5. The van der Waals surface area contributed by atoms with Gasteiger partial charge in [0.15, 0.2) is 5.54 Å². The van der Waals surface area contributed by atoms with E-state index in [-0.39, 0.29) is 17.8 Å². The molecule has 1 saturated heterocycles. The molecule has 1 aromatic carbocycles. The van der Waals surface area contributed by atoms with Crippen molar-refractivity contribution < 1.29 is 18.4 Å². The monoisotopic (exact) mass is 318 g/mol. The van der Waals surface area contributed by atoms with Gasteiger partial charge in [0.25, 0.3) is 5.91 Å². The van der Waals surface area contributed by atoms with Crippen LogP contribution in [0.25, 0.3) is 0 Å². The van der Waals surface area contributed by atoms with Gasteiger partial charge in [-0.1, -0.05) is 0 Å². The molecule has 0 aliphatic carbocycles. The molecule has 118 valence electrons. The van der Waals surface area contributed by atoms with Gasteiger partial charge in [-0.25, -0.2) is 13.6 Å². The van der Waals surface area contributed by atoms with Crippen LogP contribution in [0.3, 0.4) is 0 Å². The molecule has 2 aromatic rings. The third-order valence-electron chi connectivity index (χ3n) is 3.61. The van der Waals surface area contributed by atoms with Gasteiger partial charge in [-0.3, -0.25) is 19.7 Å². The fourth-order valence-electron chi connectivity index (χ4n) is 2.46. The van der Waals surface area contributed by atoms with Crippen molar-refractivity contribution in [3.63, 3.8) is 0 Å². The molecular formula is C15H12F2N4O2. The van der Waals surface area contributed by atoms with Gasteiger partial charge in [0.1, 0.15) is 11.6 Å². The van der Waals surface area contributed by atoms with Gasteiger partial charge < -0.3 is 5.32 Å². The van der Waals surface area contributed by atoms with Crippen LogP contribution in [0.15, 0.2) is 36.8 Å². The number of urea groups is 1. The molecule has 2 heterocycles. The molecule has 1 atom stereocenters. The van der Waals surface area contributed by atoms with Gasteiger partial charge in [-0.15, -0.1) is 0 Å². The van der Waals surface area contributed by atoms with E-state index in [9.17, 15) is 18.4 Å². The number of nitrogens with zero attached hydrogens (tertiary/aromatic N) is 3. The number of carbonyl (C=O) groups is 2. The van der Waals surface area contributed by atoms with Gasteiger partial charge in [0.05, 0.1) is 18.4 Å². The zero-order valence-electron chi connectivity index (χ0n) is 12.1. The first-order valence-electron chi connectivity index (χ1n) is 6.76. The highest BCUT2D eigenvalue weighted by molar-refractivity contribution is 6.06. The summed E-state index contributed by atoms with van der Waals surface area (Å²) in [6.45, 7) is 1.26. The van der Waals surface area contributed by atoms with E-state index in [0.29, 0.717) is 0 Å². The number of hydrogen-bond acceptors (Lipinski definition) is 4. The fourth-order valence-corrected chi connectivity index (χ4v) is 2.46. The Morgan fingerprint density at radius 3 is 2.48 bits per heavy atom. The lowest BCUT2D eigenvalue weighted by atomic mass is 9.98. The van der Waals surface area contributed by atoms with E-state index >= 15 is 0 Å². The van der Waals surface area contributed by atoms with Crippen LogP contribution >= 0.6 is 0 Å². The average Bonchev–Trinajstić information content (AvgIpc) is 2.72. The first-order chi connectivity index (χ1) is 10.9. The molecule has 0 spiro atoms. The van der Waals surface area contributed by atoms with Crippen LogP contribution in [0.4, 0.5) is 13.6 Å². The van der Waals surface area contributed by atoms with Gasteiger partial charge in [0.2, 0.25) is 0 Å². The predicted molar refractivity (Wildman–Crippen MR) is 74.8 cm³/mol. The lowest BCUT2D eigenvalue weighted by molar-refractivity contribution is -0.131. The molecule has 0 bridgehead atoms. The topological polar surface area (TPSA) is 75.2 Å². The predicted octanol–water partition coefficient (Wildman–Crippen LogP) is 1.72. The molecule has 1 N–H and O–H groups in total. The van der Waals surface area contributed by atoms with Crippen molar-refractivity contribution >= 4 is 11.9 Å². The van der Waals surface area contributed by atoms with E-state index in [2.05, 4.69) is 15.3 Å². The maximum atomic E-state index is 13.3. The number of halogens is 2. The zero-order chi connectivity index (χ0) is 16.6. The summed E-state index contributed by atoms with van der Waals surface area (Å²) >= 11 is 0. The molecule has 3 amide bonds. The summed E-state index contributed by atoms with van der Waals surface area (Å²) < 4.78 is 26.5. The van der Waals surface area contributed by atoms with Crippen molar-refractivity contribution in [1.29, 1.82) is 0 Å². The van der Waals surface area contributed by atoms with E-state index in [1.807, 2.05) is 0 Å². The lowest BCUT2D eigenvalue weighted by Crippen LogP contribution is -2.41. The van der Waals surface area contributed by atoms with Crippen molar-refractivity contribution in [3.05, 3.63) is 59.7 Å². The maximum absolute atomic E-state index is 13.3. The molecule has 8 heteroatoms. The molecule has 23 heavy (non-hydrogen) atoms. The summed E-state index contributed by atoms with van der Waals surface area (Å²) in [6, 6.07) is 2.20. The largest absolute Gasteiger partial charge is 0.325 e. The van der Waals surface area contributed by atoms with Crippen LogP contribution in [-0.2, 0) is 16.9 Å². The molecule has 1 aliphatic heterocycles. The first-order valence-corrected chi connectivity index (χ1v) is 6.76. The third-order valence-corrected chi connectivity index (χ3v) is 3.61. The number of rotatable bonds is 3. The Hall–Kier alpha value is -2.90. The second kappa shape index (κ2) is 5.38. The second-order valence-corrected chi connectivity index (χ2v) is 5.31. The van der Waals surface area contributed by atoms with E-state index in [1.54, 1.807) is 0 Å². The highest BCUT2D eigenvalue weighted by atomic mass is 19.1. The summed E-state index contributed by atoms with van der Waals surface area (Å²) in [5.74, 6) is -2.11. The maximum Gasteiger partial charge on any atom is 0.325 e. The molecular weight excluding hydrogens is 306 g/mol. The van der Waals surface area contributed by atoms with Gasteiger partial charge in [-0.2, -0.15) is 0 Å². The molecule has 0 saturated carbocycles. The quantitative estimate of drug-likeness (QED) is 0.875. The smallest absolute Gasteiger partial charge is 0.318 e. The van der Waals surface area contributed by atoms with E-state index in [0.717, 1.165) is 23.1 Å². The van der Waals surface area contributed by atoms with E-state index < -0.39 is 29.1 Å². The van der Waals surface area contributed by atoms with Crippen molar-refractivity contribution in [1.82, 2.24) is 20.2 Å². The summed E-state index contributed by atoms with van der Waals surface area (Å²) in [5.41, 5.74) is -0.905. The highest BCUT2D eigenvalue weighted by Crippen LogP contribution is 2.28. The van der Waals surface area contributed by atoms with Crippen LogP contribution in [0.2, 0.25) is 0 Å². The molecule has 0 radical (unpaired) electrons. The van der Waals surface area contributed by atoms with Crippen LogP contribution in [0.1, 0.15) is 18.2 Å². The number of carbonyl (C=O) groups excluding carboxylic acids is 2. The van der Waals surface area contributed by atoms with Crippen molar-refractivity contribution in [2.45, 2.75) is 19.0 Å². The third kappa shape index (κ3) is 2.63. The SMILES string of the molecule is CC1(c2cnccn2)NC(=O)N(Cc2cc(F)cc(F)c2)C1=O. The summed E-state index contributed by atoms with van der Waals surface area (Å²) in [7, 11) is 0. The van der Waals surface area contributed by atoms with Gasteiger partial charge in [-0.05, 0) is 24.6 Å². The number of imide groups is 1. The highest BCUT2D eigenvalue weighted by Gasteiger charge is 2.50. The van der Waals surface area contributed by atoms with Gasteiger partial charge in [0, 0.05) is 18.5 Å². The minimum Gasteiger partial charge on any atom is -0.318 e. The molecule has 6 nitrogen and oxygen atoms in total. The Balaban J connectivity index is 1.90. The minimum atomic E-state index is -1.36. The first kappa shape index (κ1) is 15.0. The Morgan fingerprint density at radius 1 is 1.17 bits per heavy atom. The Morgan fingerprint density at radius 2 is 1.87 bits per heavy atom. The zero-order valence-corrected chi connectivity index (χ0v) is 12.1. The average molecular weight is 318 g/mol. The van der Waals surface area contributed by atoms with Crippen LogP contribution in [0, 0.1) is 11.6 Å². The minimum absolute atomic E-state index is 0.175. The Kier molecular flexibility index (Phi) is 3.51. The normalized spacial score (nSPS) is 20.7. The molecule has 1 fully saturated rings. The fraction of sp³-hybridized carbons (Fsp3) is 0.200. The van der Waals surface area contributed by atoms with Crippen LogP contribution < -0.4 is 5.32 Å². The number of hydrogen-bond donors (Lipinski definition) is 1. The Bertz CT molecular complexity index is 764. The molecule has 1 aliphatic rings. The molecule has 1 aromatic heterocycles. The number of benzene rings is 1. The number of nitrogens with one attached hydrogen (secondary N) is 1. The lowest BCUT2D eigenvalue weighted by Gasteiger charge is -2.20. The summed E-state index contributed by atoms with van der Waals surface area (Å²) in [5, 5.41) is 2.54.